The fraction of sp³-hybridized carbons (Fsp3) is 0.421. The summed E-state index contributed by atoms with van der Waals surface area (Å²) in [7, 11) is 0. The predicted octanol–water partition coefficient (Wildman–Crippen LogP) is 1.99. The van der Waals surface area contributed by atoms with Gasteiger partial charge in [-0.3, -0.25) is 14.7 Å². The number of hydrogen-bond donors (Lipinski definition) is 2. The summed E-state index contributed by atoms with van der Waals surface area (Å²) in [6.07, 6.45) is 4.50. The van der Waals surface area contributed by atoms with E-state index in [0.29, 0.717) is 18.5 Å². The molecular weight excluding hydrogens is 316 g/mol. The molecule has 2 atom stereocenters. The van der Waals surface area contributed by atoms with Gasteiger partial charge in [0.15, 0.2) is 0 Å². The van der Waals surface area contributed by atoms with Crippen molar-refractivity contribution in [2.75, 3.05) is 6.54 Å². The Labute approximate surface area is 147 Å². The second-order valence-corrected chi connectivity index (χ2v) is 6.83. The lowest BCUT2D eigenvalue weighted by atomic mass is 10.0. The molecule has 0 aliphatic carbocycles. The zero-order valence-corrected chi connectivity index (χ0v) is 14.9. The minimum absolute atomic E-state index is 0.0179. The van der Waals surface area contributed by atoms with Crippen molar-refractivity contribution in [2.45, 2.75) is 45.7 Å². The van der Waals surface area contributed by atoms with Gasteiger partial charge >= 0.3 is 0 Å². The number of likely N-dealkylation sites (tertiary alicyclic amines) is 1. The molecule has 1 aromatic carbocycles. The molecule has 132 valence electrons. The molecule has 2 aromatic rings. The molecule has 6 heteroatoms. The first kappa shape index (κ1) is 17.2. The highest BCUT2D eigenvalue weighted by Gasteiger charge is 2.33. The van der Waals surface area contributed by atoms with E-state index < -0.39 is 0 Å². The SMILES string of the molecule is Cc1cccc(C(=O)NC2CC(C)N(C(=O)Cc3cn[nH]c3)C2)c1C. The number of amides is 2. The zero-order valence-electron chi connectivity index (χ0n) is 14.9. The number of carbonyl (C=O) groups excluding carboxylic acids is 2. The van der Waals surface area contributed by atoms with Crippen molar-refractivity contribution < 1.29 is 9.59 Å². The van der Waals surface area contributed by atoms with Crippen LogP contribution in [0.1, 0.15) is 40.4 Å². The van der Waals surface area contributed by atoms with Gasteiger partial charge in [-0.25, -0.2) is 0 Å². The Hall–Kier alpha value is -2.63. The third-order valence-corrected chi connectivity index (χ3v) is 4.99. The van der Waals surface area contributed by atoms with Gasteiger partial charge in [-0.05, 0) is 49.9 Å². The van der Waals surface area contributed by atoms with Crippen molar-refractivity contribution in [3.63, 3.8) is 0 Å². The smallest absolute Gasteiger partial charge is 0.251 e. The van der Waals surface area contributed by atoms with Crippen LogP contribution < -0.4 is 5.32 Å². The zero-order chi connectivity index (χ0) is 18.0. The number of aromatic amines is 1. The van der Waals surface area contributed by atoms with Gasteiger partial charge in [0.05, 0.1) is 12.6 Å². The molecule has 1 fully saturated rings. The lowest BCUT2D eigenvalue weighted by molar-refractivity contribution is -0.131. The van der Waals surface area contributed by atoms with Crippen LogP contribution in [-0.2, 0) is 11.2 Å². The van der Waals surface area contributed by atoms with E-state index in [-0.39, 0.29) is 23.9 Å². The molecule has 2 amide bonds. The van der Waals surface area contributed by atoms with E-state index in [2.05, 4.69) is 15.5 Å². The lowest BCUT2D eigenvalue weighted by Gasteiger charge is -2.21. The fourth-order valence-corrected chi connectivity index (χ4v) is 3.39. The topological polar surface area (TPSA) is 78.1 Å². The minimum Gasteiger partial charge on any atom is -0.347 e. The molecule has 1 saturated heterocycles. The van der Waals surface area contributed by atoms with Gasteiger partial charge < -0.3 is 10.2 Å². The average Bonchev–Trinajstić information content (AvgIpc) is 3.19. The van der Waals surface area contributed by atoms with Crippen LogP contribution in [0, 0.1) is 13.8 Å². The summed E-state index contributed by atoms with van der Waals surface area (Å²) in [4.78, 5) is 26.9. The normalized spacial score (nSPS) is 19.9. The van der Waals surface area contributed by atoms with Gasteiger partial charge in [0.1, 0.15) is 0 Å². The number of nitrogens with zero attached hydrogens (tertiary/aromatic N) is 2. The van der Waals surface area contributed by atoms with E-state index in [4.69, 9.17) is 0 Å². The lowest BCUT2D eigenvalue weighted by Crippen LogP contribution is -2.39. The van der Waals surface area contributed by atoms with Gasteiger partial charge in [-0.15, -0.1) is 0 Å². The monoisotopic (exact) mass is 340 g/mol. The summed E-state index contributed by atoms with van der Waals surface area (Å²) in [5, 5.41) is 9.68. The van der Waals surface area contributed by atoms with Crippen molar-refractivity contribution in [1.29, 1.82) is 0 Å². The third-order valence-electron chi connectivity index (χ3n) is 4.99. The number of H-pyrrole nitrogens is 1. The Morgan fingerprint density at radius 2 is 2.16 bits per heavy atom. The van der Waals surface area contributed by atoms with E-state index in [0.717, 1.165) is 23.1 Å². The number of aryl methyl sites for hydroxylation is 1. The van der Waals surface area contributed by atoms with E-state index in [1.165, 1.54) is 0 Å². The second-order valence-electron chi connectivity index (χ2n) is 6.83. The highest BCUT2D eigenvalue weighted by atomic mass is 16.2. The molecule has 2 heterocycles. The van der Waals surface area contributed by atoms with Gasteiger partial charge in [-0.2, -0.15) is 5.10 Å². The molecule has 2 unspecified atom stereocenters. The van der Waals surface area contributed by atoms with E-state index in [9.17, 15) is 9.59 Å². The highest BCUT2D eigenvalue weighted by Crippen LogP contribution is 2.20. The first-order chi connectivity index (χ1) is 12.0. The summed E-state index contributed by atoms with van der Waals surface area (Å²) < 4.78 is 0. The van der Waals surface area contributed by atoms with Crippen LogP contribution >= 0.6 is 0 Å². The maximum Gasteiger partial charge on any atom is 0.251 e. The van der Waals surface area contributed by atoms with Gasteiger partial charge in [-0.1, -0.05) is 12.1 Å². The van der Waals surface area contributed by atoms with E-state index >= 15 is 0 Å². The molecule has 25 heavy (non-hydrogen) atoms. The number of hydrogen-bond acceptors (Lipinski definition) is 3. The number of carbonyl (C=O) groups is 2. The van der Waals surface area contributed by atoms with Crippen LogP contribution in [0.25, 0.3) is 0 Å². The Morgan fingerprint density at radius 1 is 1.36 bits per heavy atom. The van der Waals surface area contributed by atoms with Crippen LogP contribution in [0.5, 0.6) is 0 Å². The Bertz CT molecular complexity index is 770. The Morgan fingerprint density at radius 3 is 2.88 bits per heavy atom. The number of aromatic nitrogens is 2. The number of rotatable bonds is 4. The van der Waals surface area contributed by atoms with Crippen molar-refractivity contribution in [1.82, 2.24) is 20.4 Å². The quantitative estimate of drug-likeness (QED) is 0.893. The van der Waals surface area contributed by atoms with Crippen LogP contribution in [0.3, 0.4) is 0 Å². The second kappa shape index (κ2) is 7.09. The highest BCUT2D eigenvalue weighted by molar-refractivity contribution is 5.96. The molecular formula is C19H24N4O2. The molecule has 3 rings (SSSR count). The first-order valence-electron chi connectivity index (χ1n) is 8.60. The molecule has 2 N–H and O–H groups in total. The molecule has 1 aromatic heterocycles. The van der Waals surface area contributed by atoms with Crippen LogP contribution in [-0.4, -0.2) is 45.5 Å². The summed E-state index contributed by atoms with van der Waals surface area (Å²) in [6, 6.07) is 5.84. The molecule has 6 nitrogen and oxygen atoms in total. The Balaban J connectivity index is 1.62. The molecule has 0 bridgehead atoms. The number of nitrogens with one attached hydrogen (secondary N) is 2. The first-order valence-corrected chi connectivity index (χ1v) is 8.60. The van der Waals surface area contributed by atoms with Crippen molar-refractivity contribution in [3.8, 4) is 0 Å². The van der Waals surface area contributed by atoms with Crippen LogP contribution in [0.4, 0.5) is 0 Å². The summed E-state index contributed by atoms with van der Waals surface area (Å²) in [5.41, 5.74) is 3.68. The summed E-state index contributed by atoms with van der Waals surface area (Å²) in [5.74, 6) is -0.0000753. The van der Waals surface area contributed by atoms with Crippen LogP contribution in [0.15, 0.2) is 30.6 Å². The minimum atomic E-state index is -0.0671. The third kappa shape index (κ3) is 3.73. The van der Waals surface area contributed by atoms with Gasteiger partial charge in [0.2, 0.25) is 5.91 Å². The molecule has 0 spiro atoms. The maximum atomic E-state index is 12.6. The van der Waals surface area contributed by atoms with E-state index in [1.807, 2.05) is 43.9 Å². The van der Waals surface area contributed by atoms with Crippen molar-refractivity contribution in [2.24, 2.45) is 0 Å². The molecule has 0 saturated carbocycles. The van der Waals surface area contributed by atoms with Crippen LogP contribution in [0.2, 0.25) is 0 Å². The molecule has 1 aliphatic rings. The average molecular weight is 340 g/mol. The summed E-state index contributed by atoms with van der Waals surface area (Å²) in [6.45, 7) is 6.54. The maximum absolute atomic E-state index is 12.6. The van der Waals surface area contributed by atoms with Crippen molar-refractivity contribution in [3.05, 3.63) is 52.8 Å². The standard InChI is InChI=1S/C19H24N4O2/c1-12-5-4-6-17(14(12)3)19(25)22-16-7-13(2)23(11-16)18(24)8-15-9-20-21-10-15/h4-6,9-10,13,16H,7-8,11H2,1-3H3,(H,20,21)(H,22,25). The van der Waals surface area contributed by atoms with Gasteiger partial charge in [0.25, 0.3) is 5.91 Å². The molecule has 0 radical (unpaired) electrons. The summed E-state index contributed by atoms with van der Waals surface area (Å²) >= 11 is 0. The largest absolute Gasteiger partial charge is 0.347 e. The Kier molecular flexibility index (Phi) is 4.88. The van der Waals surface area contributed by atoms with Crippen molar-refractivity contribution >= 4 is 11.8 Å². The van der Waals surface area contributed by atoms with E-state index in [1.54, 1.807) is 12.4 Å². The molecule has 1 aliphatic heterocycles. The number of benzene rings is 1. The van der Waals surface area contributed by atoms with Gasteiger partial charge in [0, 0.05) is 30.4 Å². The predicted molar refractivity (Wildman–Crippen MR) is 95.3 cm³/mol. The fourth-order valence-electron chi connectivity index (χ4n) is 3.39.